The molecular weight excluding hydrogens is 278 g/mol. The van der Waals surface area contributed by atoms with E-state index in [0.717, 1.165) is 11.3 Å². The molecule has 0 radical (unpaired) electrons. The van der Waals surface area contributed by atoms with E-state index >= 15 is 0 Å². The van der Waals surface area contributed by atoms with E-state index in [1.54, 1.807) is 7.11 Å². The van der Waals surface area contributed by atoms with Gasteiger partial charge in [-0.25, -0.2) is 0 Å². The van der Waals surface area contributed by atoms with Crippen LogP contribution in [0.25, 0.3) is 0 Å². The molecule has 0 aliphatic carbocycles. The highest BCUT2D eigenvalue weighted by atomic mass is 35.5. The molecule has 1 heterocycles. The number of carbonyl (C=O) groups excluding carboxylic acids is 1. The number of nitrogens with zero attached hydrogens (tertiary/aromatic N) is 2. The van der Waals surface area contributed by atoms with Crippen LogP contribution in [0.3, 0.4) is 0 Å². The van der Waals surface area contributed by atoms with Gasteiger partial charge in [0.1, 0.15) is 5.75 Å². The van der Waals surface area contributed by atoms with Crippen molar-refractivity contribution in [1.82, 2.24) is 15.5 Å². The van der Waals surface area contributed by atoms with E-state index < -0.39 is 0 Å². The molecule has 0 saturated heterocycles. The zero-order chi connectivity index (χ0) is 14.4. The molecule has 0 aliphatic rings. The summed E-state index contributed by atoms with van der Waals surface area (Å²) in [7, 11) is 1.63. The number of rotatable bonds is 5. The van der Waals surface area contributed by atoms with Crippen LogP contribution in [0.1, 0.15) is 16.1 Å². The van der Waals surface area contributed by atoms with Gasteiger partial charge in [0.25, 0.3) is 5.91 Å². The van der Waals surface area contributed by atoms with Crippen molar-refractivity contribution in [3.63, 3.8) is 0 Å². The summed E-state index contributed by atoms with van der Waals surface area (Å²) < 4.78 is 5.14. The predicted octanol–water partition coefficient (Wildman–Crippen LogP) is 2.11. The van der Waals surface area contributed by atoms with Gasteiger partial charge in [-0.1, -0.05) is 23.7 Å². The number of benzene rings is 1. The highest BCUT2D eigenvalue weighted by molar-refractivity contribution is 6.29. The highest BCUT2D eigenvalue weighted by Gasteiger charge is 2.07. The van der Waals surface area contributed by atoms with E-state index in [4.69, 9.17) is 16.3 Å². The fourth-order valence-electron chi connectivity index (χ4n) is 1.68. The fraction of sp³-hybridized carbons (Fsp3) is 0.214. The molecule has 0 fully saturated rings. The molecule has 5 nitrogen and oxygen atoms in total. The first-order valence-electron chi connectivity index (χ1n) is 6.09. The second-order valence-electron chi connectivity index (χ2n) is 4.10. The minimum Gasteiger partial charge on any atom is -0.497 e. The normalized spacial score (nSPS) is 10.1. The van der Waals surface area contributed by atoms with Gasteiger partial charge in [0.05, 0.1) is 7.11 Å². The minimum absolute atomic E-state index is 0.250. The highest BCUT2D eigenvalue weighted by Crippen LogP contribution is 2.12. The molecule has 0 spiro atoms. The lowest BCUT2D eigenvalue weighted by Gasteiger charge is -2.06. The van der Waals surface area contributed by atoms with Crippen molar-refractivity contribution in [3.05, 3.63) is 52.8 Å². The Labute approximate surface area is 121 Å². The zero-order valence-corrected chi connectivity index (χ0v) is 11.7. The van der Waals surface area contributed by atoms with Gasteiger partial charge in [-0.15, -0.1) is 10.2 Å². The Hall–Kier alpha value is -2.14. The number of hydrogen-bond acceptors (Lipinski definition) is 4. The third-order valence-electron chi connectivity index (χ3n) is 2.70. The largest absolute Gasteiger partial charge is 0.497 e. The molecule has 2 rings (SSSR count). The quantitative estimate of drug-likeness (QED) is 0.916. The molecule has 0 unspecified atom stereocenters. The van der Waals surface area contributed by atoms with Crippen molar-refractivity contribution in [2.45, 2.75) is 6.42 Å². The minimum atomic E-state index is -0.267. The predicted molar refractivity (Wildman–Crippen MR) is 76.1 cm³/mol. The van der Waals surface area contributed by atoms with Gasteiger partial charge >= 0.3 is 0 Å². The number of halogens is 1. The number of ether oxygens (including phenoxy) is 1. The lowest BCUT2D eigenvalue weighted by atomic mass is 10.1. The number of amides is 1. The SMILES string of the molecule is COc1cccc(CCNC(=O)c2ccc(Cl)nn2)c1. The molecule has 0 saturated carbocycles. The zero-order valence-electron chi connectivity index (χ0n) is 11.0. The van der Waals surface area contributed by atoms with E-state index in [0.29, 0.717) is 13.0 Å². The van der Waals surface area contributed by atoms with Crippen molar-refractivity contribution < 1.29 is 9.53 Å². The van der Waals surface area contributed by atoms with Crippen LogP contribution in [0.15, 0.2) is 36.4 Å². The Morgan fingerprint density at radius 3 is 2.85 bits per heavy atom. The third kappa shape index (κ3) is 3.93. The van der Waals surface area contributed by atoms with E-state index in [1.165, 1.54) is 12.1 Å². The van der Waals surface area contributed by atoms with E-state index in [9.17, 15) is 4.79 Å². The Morgan fingerprint density at radius 2 is 2.15 bits per heavy atom. The molecule has 1 aromatic heterocycles. The summed E-state index contributed by atoms with van der Waals surface area (Å²) >= 11 is 5.61. The summed E-state index contributed by atoms with van der Waals surface area (Å²) in [6.07, 6.45) is 0.712. The maximum atomic E-state index is 11.8. The van der Waals surface area contributed by atoms with Crippen LogP contribution >= 0.6 is 11.6 Å². The van der Waals surface area contributed by atoms with Crippen molar-refractivity contribution in [1.29, 1.82) is 0 Å². The lowest BCUT2D eigenvalue weighted by molar-refractivity contribution is 0.0948. The van der Waals surface area contributed by atoms with Crippen LogP contribution in [-0.2, 0) is 6.42 Å². The summed E-state index contributed by atoms with van der Waals surface area (Å²) in [5.41, 5.74) is 1.34. The number of carbonyl (C=O) groups is 1. The average Bonchev–Trinajstić information content (AvgIpc) is 2.48. The standard InChI is InChI=1S/C14H14ClN3O2/c1-20-11-4-2-3-10(9-11)7-8-16-14(19)12-5-6-13(15)18-17-12/h2-6,9H,7-8H2,1H3,(H,16,19). The lowest BCUT2D eigenvalue weighted by Crippen LogP contribution is -2.26. The van der Waals surface area contributed by atoms with Gasteiger partial charge in [0.15, 0.2) is 10.8 Å². The number of nitrogens with one attached hydrogen (secondary N) is 1. The maximum Gasteiger partial charge on any atom is 0.271 e. The van der Waals surface area contributed by atoms with Gasteiger partial charge in [-0.2, -0.15) is 0 Å². The first kappa shape index (κ1) is 14.3. The van der Waals surface area contributed by atoms with E-state index in [1.807, 2.05) is 24.3 Å². The summed E-state index contributed by atoms with van der Waals surface area (Å²) in [6, 6.07) is 10.8. The molecule has 1 amide bonds. The van der Waals surface area contributed by atoms with E-state index in [-0.39, 0.29) is 16.8 Å². The molecule has 2 aromatic rings. The molecule has 1 N–H and O–H groups in total. The second-order valence-corrected chi connectivity index (χ2v) is 4.49. The molecule has 1 aromatic carbocycles. The Kier molecular flexibility index (Phi) is 4.90. The summed E-state index contributed by atoms with van der Waals surface area (Å²) in [5, 5.41) is 10.4. The van der Waals surface area contributed by atoms with Crippen LogP contribution in [0.2, 0.25) is 5.15 Å². The molecule has 0 atom stereocenters. The van der Waals surface area contributed by atoms with Crippen molar-refractivity contribution in [2.75, 3.05) is 13.7 Å². The summed E-state index contributed by atoms with van der Waals surface area (Å²) in [4.78, 5) is 11.8. The molecule has 0 aliphatic heterocycles. The van der Waals surface area contributed by atoms with E-state index in [2.05, 4.69) is 15.5 Å². The first-order chi connectivity index (χ1) is 9.69. The molecule has 0 bridgehead atoms. The monoisotopic (exact) mass is 291 g/mol. The Bertz CT molecular complexity index is 587. The van der Waals surface area contributed by atoms with Crippen molar-refractivity contribution in [3.8, 4) is 5.75 Å². The van der Waals surface area contributed by atoms with Crippen LogP contribution in [0, 0.1) is 0 Å². The first-order valence-corrected chi connectivity index (χ1v) is 6.47. The van der Waals surface area contributed by atoms with Gasteiger partial charge in [0.2, 0.25) is 0 Å². The average molecular weight is 292 g/mol. The van der Waals surface area contributed by atoms with Crippen LogP contribution in [-0.4, -0.2) is 29.8 Å². The summed E-state index contributed by atoms with van der Waals surface area (Å²) in [6.45, 7) is 0.510. The molecule has 20 heavy (non-hydrogen) atoms. The molecule has 6 heteroatoms. The fourth-order valence-corrected chi connectivity index (χ4v) is 1.78. The van der Waals surface area contributed by atoms with Gasteiger partial charge < -0.3 is 10.1 Å². The van der Waals surface area contributed by atoms with Gasteiger partial charge in [-0.05, 0) is 36.2 Å². The van der Waals surface area contributed by atoms with Crippen molar-refractivity contribution in [2.24, 2.45) is 0 Å². The van der Waals surface area contributed by atoms with Crippen molar-refractivity contribution >= 4 is 17.5 Å². The molecule has 104 valence electrons. The summed E-state index contributed by atoms with van der Waals surface area (Å²) in [5.74, 6) is 0.537. The van der Waals surface area contributed by atoms with Gasteiger partial charge in [-0.3, -0.25) is 4.79 Å². The number of aromatic nitrogens is 2. The maximum absolute atomic E-state index is 11.8. The third-order valence-corrected chi connectivity index (χ3v) is 2.90. The van der Waals surface area contributed by atoms with Crippen LogP contribution < -0.4 is 10.1 Å². The Morgan fingerprint density at radius 1 is 1.30 bits per heavy atom. The topological polar surface area (TPSA) is 64.1 Å². The van der Waals surface area contributed by atoms with Crippen LogP contribution in [0.4, 0.5) is 0 Å². The second kappa shape index (κ2) is 6.86. The number of hydrogen-bond donors (Lipinski definition) is 1. The molecular formula is C14H14ClN3O2. The van der Waals surface area contributed by atoms with Crippen LogP contribution in [0.5, 0.6) is 5.75 Å². The Balaban J connectivity index is 1.86. The smallest absolute Gasteiger partial charge is 0.271 e. The number of methoxy groups -OCH3 is 1. The van der Waals surface area contributed by atoms with Gasteiger partial charge in [0, 0.05) is 6.54 Å².